The van der Waals surface area contributed by atoms with E-state index in [-0.39, 0.29) is 0 Å². The first kappa shape index (κ1) is 11.6. The van der Waals surface area contributed by atoms with Crippen molar-refractivity contribution in [3.05, 3.63) is 54.0 Å². The molecule has 2 aromatic rings. The molecule has 2 rings (SSSR count). The van der Waals surface area contributed by atoms with Gasteiger partial charge in [-0.1, -0.05) is 37.3 Å². The normalized spacial score (nSPS) is 12.1. The van der Waals surface area contributed by atoms with Crippen LogP contribution < -0.4 is 5.32 Å². The van der Waals surface area contributed by atoms with Crippen LogP contribution in [0.15, 0.2) is 42.7 Å². The van der Waals surface area contributed by atoms with Gasteiger partial charge >= 0.3 is 0 Å². The molecule has 0 spiro atoms. The SMILES string of the molecule is Cc1nccnc1NCC(C)c1ccccc1. The van der Waals surface area contributed by atoms with Crippen LogP contribution in [-0.4, -0.2) is 16.5 Å². The predicted molar refractivity (Wildman–Crippen MR) is 70.1 cm³/mol. The van der Waals surface area contributed by atoms with Crippen LogP contribution in [-0.2, 0) is 0 Å². The molecule has 88 valence electrons. The summed E-state index contributed by atoms with van der Waals surface area (Å²) in [5.74, 6) is 1.33. The highest BCUT2D eigenvalue weighted by atomic mass is 15.0. The van der Waals surface area contributed by atoms with E-state index in [2.05, 4.69) is 46.5 Å². The molecule has 3 nitrogen and oxygen atoms in total. The largest absolute Gasteiger partial charge is 0.368 e. The van der Waals surface area contributed by atoms with Crippen molar-refractivity contribution in [1.82, 2.24) is 9.97 Å². The fraction of sp³-hybridized carbons (Fsp3) is 0.286. The summed E-state index contributed by atoms with van der Waals surface area (Å²) in [4.78, 5) is 8.48. The minimum absolute atomic E-state index is 0.456. The Morgan fingerprint density at radius 2 is 1.82 bits per heavy atom. The molecule has 1 aromatic heterocycles. The molecule has 17 heavy (non-hydrogen) atoms. The molecule has 0 aliphatic carbocycles. The highest BCUT2D eigenvalue weighted by molar-refractivity contribution is 5.39. The number of hydrogen-bond donors (Lipinski definition) is 1. The van der Waals surface area contributed by atoms with Crippen molar-refractivity contribution in [1.29, 1.82) is 0 Å². The van der Waals surface area contributed by atoms with E-state index in [0.717, 1.165) is 18.1 Å². The van der Waals surface area contributed by atoms with Crippen molar-refractivity contribution in [2.45, 2.75) is 19.8 Å². The van der Waals surface area contributed by atoms with Gasteiger partial charge in [-0.3, -0.25) is 4.98 Å². The Kier molecular flexibility index (Phi) is 3.70. The number of nitrogens with one attached hydrogen (secondary N) is 1. The van der Waals surface area contributed by atoms with Crippen LogP contribution in [0.3, 0.4) is 0 Å². The van der Waals surface area contributed by atoms with Crippen molar-refractivity contribution in [2.75, 3.05) is 11.9 Å². The minimum Gasteiger partial charge on any atom is -0.368 e. The molecular formula is C14H17N3. The van der Waals surface area contributed by atoms with Crippen molar-refractivity contribution >= 4 is 5.82 Å². The van der Waals surface area contributed by atoms with E-state index in [4.69, 9.17) is 0 Å². The van der Waals surface area contributed by atoms with Crippen molar-refractivity contribution in [3.8, 4) is 0 Å². The van der Waals surface area contributed by atoms with Gasteiger partial charge in [0.25, 0.3) is 0 Å². The zero-order valence-electron chi connectivity index (χ0n) is 10.2. The van der Waals surface area contributed by atoms with Crippen LogP contribution in [0.4, 0.5) is 5.82 Å². The zero-order chi connectivity index (χ0) is 12.1. The molecule has 1 N–H and O–H groups in total. The van der Waals surface area contributed by atoms with Gasteiger partial charge in [-0.15, -0.1) is 0 Å². The van der Waals surface area contributed by atoms with Crippen LogP contribution in [0.1, 0.15) is 24.1 Å². The number of rotatable bonds is 4. The van der Waals surface area contributed by atoms with Gasteiger partial charge in [-0.05, 0) is 18.4 Å². The topological polar surface area (TPSA) is 37.8 Å². The highest BCUT2D eigenvalue weighted by Crippen LogP contribution is 2.15. The summed E-state index contributed by atoms with van der Waals surface area (Å²) in [5.41, 5.74) is 2.27. The van der Waals surface area contributed by atoms with Gasteiger partial charge in [-0.25, -0.2) is 4.98 Å². The molecule has 0 amide bonds. The standard InChI is InChI=1S/C14H17N3/c1-11(13-6-4-3-5-7-13)10-17-14-12(2)15-8-9-16-14/h3-9,11H,10H2,1-2H3,(H,16,17). The predicted octanol–water partition coefficient (Wildman–Crippen LogP) is 3.00. The Morgan fingerprint density at radius 1 is 1.12 bits per heavy atom. The molecule has 3 heteroatoms. The molecule has 1 atom stereocenters. The number of hydrogen-bond acceptors (Lipinski definition) is 3. The van der Waals surface area contributed by atoms with Crippen molar-refractivity contribution < 1.29 is 0 Å². The monoisotopic (exact) mass is 227 g/mol. The molecule has 1 aromatic carbocycles. The maximum Gasteiger partial charge on any atom is 0.147 e. The van der Waals surface area contributed by atoms with Gasteiger partial charge in [-0.2, -0.15) is 0 Å². The number of anilines is 1. The lowest BCUT2D eigenvalue weighted by Crippen LogP contribution is -2.12. The molecule has 0 fully saturated rings. The Hall–Kier alpha value is -1.90. The van der Waals surface area contributed by atoms with Crippen LogP contribution in [0.2, 0.25) is 0 Å². The lowest BCUT2D eigenvalue weighted by Gasteiger charge is -2.14. The molecule has 1 heterocycles. The summed E-state index contributed by atoms with van der Waals surface area (Å²) in [6.07, 6.45) is 3.42. The molecule has 0 radical (unpaired) electrons. The molecule has 1 unspecified atom stereocenters. The zero-order valence-corrected chi connectivity index (χ0v) is 10.2. The highest BCUT2D eigenvalue weighted by Gasteiger charge is 2.06. The molecule has 0 bridgehead atoms. The average molecular weight is 227 g/mol. The van der Waals surface area contributed by atoms with Gasteiger partial charge in [0.15, 0.2) is 0 Å². The van der Waals surface area contributed by atoms with E-state index < -0.39 is 0 Å². The van der Waals surface area contributed by atoms with E-state index in [1.165, 1.54) is 5.56 Å². The first-order valence-corrected chi connectivity index (χ1v) is 5.84. The number of benzene rings is 1. The Bertz CT molecular complexity index is 468. The second-order valence-corrected chi connectivity index (χ2v) is 4.18. The second kappa shape index (κ2) is 5.43. The summed E-state index contributed by atoms with van der Waals surface area (Å²) in [5, 5.41) is 3.34. The first-order chi connectivity index (χ1) is 8.27. The van der Waals surface area contributed by atoms with E-state index in [0.29, 0.717) is 5.92 Å². The van der Waals surface area contributed by atoms with Gasteiger partial charge in [0.1, 0.15) is 5.82 Å². The van der Waals surface area contributed by atoms with Crippen LogP contribution >= 0.6 is 0 Å². The summed E-state index contributed by atoms with van der Waals surface area (Å²) >= 11 is 0. The number of nitrogens with zero attached hydrogens (tertiary/aromatic N) is 2. The summed E-state index contributed by atoms with van der Waals surface area (Å²) in [7, 11) is 0. The van der Waals surface area contributed by atoms with Crippen LogP contribution in [0, 0.1) is 6.92 Å². The van der Waals surface area contributed by atoms with Gasteiger partial charge < -0.3 is 5.32 Å². The maximum atomic E-state index is 4.27. The van der Waals surface area contributed by atoms with E-state index >= 15 is 0 Å². The Morgan fingerprint density at radius 3 is 2.53 bits per heavy atom. The fourth-order valence-electron chi connectivity index (χ4n) is 1.73. The summed E-state index contributed by atoms with van der Waals surface area (Å²) < 4.78 is 0. The molecule has 0 aliphatic heterocycles. The average Bonchev–Trinajstić information content (AvgIpc) is 2.38. The maximum absolute atomic E-state index is 4.27. The molecule has 0 aliphatic rings. The third-order valence-corrected chi connectivity index (χ3v) is 2.83. The Balaban J connectivity index is 1.97. The number of aromatic nitrogens is 2. The summed E-state index contributed by atoms with van der Waals surface area (Å²) in [6.45, 7) is 5.03. The second-order valence-electron chi connectivity index (χ2n) is 4.18. The van der Waals surface area contributed by atoms with Gasteiger partial charge in [0.05, 0.1) is 5.69 Å². The summed E-state index contributed by atoms with van der Waals surface area (Å²) in [6, 6.07) is 10.5. The van der Waals surface area contributed by atoms with Crippen molar-refractivity contribution in [3.63, 3.8) is 0 Å². The molecule has 0 saturated carbocycles. The Labute approximate surface area is 102 Å². The third kappa shape index (κ3) is 3.03. The van der Waals surface area contributed by atoms with E-state index in [1.54, 1.807) is 12.4 Å². The van der Waals surface area contributed by atoms with Crippen LogP contribution in [0.25, 0.3) is 0 Å². The van der Waals surface area contributed by atoms with E-state index in [1.807, 2.05) is 13.0 Å². The molecule has 0 saturated heterocycles. The fourth-order valence-corrected chi connectivity index (χ4v) is 1.73. The van der Waals surface area contributed by atoms with Gasteiger partial charge in [0, 0.05) is 18.9 Å². The first-order valence-electron chi connectivity index (χ1n) is 5.84. The lowest BCUT2D eigenvalue weighted by atomic mass is 10.0. The van der Waals surface area contributed by atoms with Crippen molar-refractivity contribution in [2.24, 2.45) is 0 Å². The van der Waals surface area contributed by atoms with Gasteiger partial charge in [0.2, 0.25) is 0 Å². The molecular weight excluding hydrogens is 210 g/mol. The quantitative estimate of drug-likeness (QED) is 0.872. The lowest BCUT2D eigenvalue weighted by molar-refractivity contribution is 0.799. The number of aryl methyl sites for hydroxylation is 1. The van der Waals surface area contributed by atoms with E-state index in [9.17, 15) is 0 Å². The van der Waals surface area contributed by atoms with Crippen LogP contribution in [0.5, 0.6) is 0 Å². The third-order valence-electron chi connectivity index (χ3n) is 2.83. The minimum atomic E-state index is 0.456. The smallest absolute Gasteiger partial charge is 0.147 e.